The van der Waals surface area contributed by atoms with E-state index in [9.17, 15) is 13.2 Å². The maximum Gasteiger partial charge on any atom is 0.416 e. The molecule has 0 bridgehead atoms. The Morgan fingerprint density at radius 1 is 1.24 bits per heavy atom. The number of nitrogens with zero attached hydrogens (tertiary/aromatic N) is 3. The van der Waals surface area contributed by atoms with Gasteiger partial charge < -0.3 is 15.2 Å². The van der Waals surface area contributed by atoms with Crippen molar-refractivity contribution in [3.8, 4) is 0 Å². The Balaban J connectivity index is 2.49. The van der Waals surface area contributed by atoms with Crippen molar-refractivity contribution in [1.82, 2.24) is 14.5 Å². The number of nitrogen functional groups attached to an aromatic ring is 1. The van der Waals surface area contributed by atoms with Crippen LogP contribution in [-0.4, -0.2) is 34.1 Å². The standard InChI is InChI=1S/C14H19F3N4/c1-13(2,20(3)4)8-21-11-6-5-9(14(15,16)17)7-10(11)19-12(21)18/h5-7H,8H2,1-4H3,(H2,18,19). The molecule has 0 unspecified atom stereocenters. The lowest BCUT2D eigenvalue weighted by Gasteiger charge is -2.33. The van der Waals surface area contributed by atoms with Gasteiger partial charge in [0.2, 0.25) is 5.95 Å². The lowest BCUT2D eigenvalue weighted by Crippen LogP contribution is -2.42. The molecule has 0 aliphatic heterocycles. The number of nitrogens with two attached hydrogens (primary N) is 1. The van der Waals surface area contributed by atoms with Crippen molar-refractivity contribution in [2.45, 2.75) is 32.1 Å². The molecular weight excluding hydrogens is 281 g/mol. The lowest BCUT2D eigenvalue weighted by atomic mass is 10.0. The van der Waals surface area contributed by atoms with Crippen molar-refractivity contribution < 1.29 is 13.2 Å². The molecular formula is C14H19F3N4. The Labute approximate surface area is 121 Å². The van der Waals surface area contributed by atoms with Crippen molar-refractivity contribution in [2.24, 2.45) is 0 Å². The molecule has 0 saturated carbocycles. The molecule has 2 aromatic rings. The second kappa shape index (κ2) is 4.91. The number of alkyl halides is 3. The van der Waals surface area contributed by atoms with Crippen LogP contribution in [0.4, 0.5) is 19.1 Å². The summed E-state index contributed by atoms with van der Waals surface area (Å²) >= 11 is 0. The number of halogens is 3. The fourth-order valence-electron chi connectivity index (χ4n) is 2.02. The number of rotatable bonds is 3. The van der Waals surface area contributed by atoms with Gasteiger partial charge >= 0.3 is 6.18 Å². The first-order valence-corrected chi connectivity index (χ1v) is 6.53. The fraction of sp³-hybridized carbons (Fsp3) is 0.500. The van der Waals surface area contributed by atoms with Crippen LogP contribution < -0.4 is 5.73 Å². The van der Waals surface area contributed by atoms with E-state index in [1.807, 2.05) is 32.8 Å². The zero-order valence-corrected chi connectivity index (χ0v) is 12.5. The number of hydrogen-bond acceptors (Lipinski definition) is 3. The van der Waals surface area contributed by atoms with Crippen LogP contribution in [0, 0.1) is 0 Å². The van der Waals surface area contributed by atoms with Crippen molar-refractivity contribution in [2.75, 3.05) is 19.8 Å². The van der Waals surface area contributed by atoms with Gasteiger partial charge in [0.25, 0.3) is 0 Å². The molecule has 116 valence electrons. The summed E-state index contributed by atoms with van der Waals surface area (Å²) in [5, 5.41) is 0. The minimum atomic E-state index is -4.38. The first-order valence-electron chi connectivity index (χ1n) is 6.53. The van der Waals surface area contributed by atoms with Gasteiger partial charge in [-0.3, -0.25) is 0 Å². The Hall–Kier alpha value is -1.76. The van der Waals surface area contributed by atoms with Crippen molar-refractivity contribution in [1.29, 1.82) is 0 Å². The molecule has 21 heavy (non-hydrogen) atoms. The van der Waals surface area contributed by atoms with Crippen LogP contribution in [0.25, 0.3) is 11.0 Å². The number of benzene rings is 1. The van der Waals surface area contributed by atoms with Crippen LogP contribution in [0.2, 0.25) is 0 Å². The summed E-state index contributed by atoms with van der Waals surface area (Å²) in [5.74, 6) is 0.222. The third-order valence-corrected chi connectivity index (χ3v) is 3.86. The number of aromatic nitrogens is 2. The van der Waals surface area contributed by atoms with E-state index in [0.717, 1.165) is 12.1 Å². The Morgan fingerprint density at radius 2 is 1.86 bits per heavy atom. The SMILES string of the molecule is CN(C)C(C)(C)Cn1c(N)nc2cc(C(F)(F)F)ccc21. The minimum Gasteiger partial charge on any atom is -0.369 e. The maximum absolute atomic E-state index is 12.7. The third kappa shape index (κ3) is 2.97. The molecule has 1 aromatic heterocycles. The maximum atomic E-state index is 12.7. The predicted octanol–water partition coefficient (Wildman–Crippen LogP) is 2.98. The zero-order chi connectivity index (χ0) is 16.0. The number of imidazole rings is 1. The van der Waals surface area contributed by atoms with E-state index >= 15 is 0 Å². The quantitative estimate of drug-likeness (QED) is 0.948. The molecule has 0 saturated heterocycles. The summed E-state index contributed by atoms with van der Waals surface area (Å²) in [6, 6.07) is 3.51. The number of likely N-dealkylation sites (N-methyl/N-ethyl adjacent to an activating group) is 1. The van der Waals surface area contributed by atoms with Crippen LogP contribution >= 0.6 is 0 Å². The summed E-state index contributed by atoms with van der Waals surface area (Å²) in [7, 11) is 3.88. The molecule has 0 radical (unpaired) electrons. The normalized spacial score (nSPS) is 13.3. The number of fused-ring (bicyclic) bond motifs is 1. The van der Waals surface area contributed by atoms with Gasteiger partial charge in [0.1, 0.15) is 0 Å². The second-order valence-corrected chi connectivity index (χ2v) is 5.96. The zero-order valence-electron chi connectivity index (χ0n) is 12.5. The summed E-state index contributed by atoms with van der Waals surface area (Å²) in [6.07, 6.45) is -4.38. The van der Waals surface area contributed by atoms with Gasteiger partial charge in [-0.1, -0.05) is 0 Å². The highest BCUT2D eigenvalue weighted by molar-refractivity contribution is 5.79. The molecule has 2 rings (SSSR count). The highest BCUT2D eigenvalue weighted by Gasteiger charge is 2.31. The number of hydrogen-bond donors (Lipinski definition) is 1. The van der Waals surface area contributed by atoms with E-state index < -0.39 is 11.7 Å². The monoisotopic (exact) mass is 300 g/mol. The van der Waals surface area contributed by atoms with Crippen molar-refractivity contribution in [3.05, 3.63) is 23.8 Å². The van der Waals surface area contributed by atoms with Crippen LogP contribution in [-0.2, 0) is 12.7 Å². The van der Waals surface area contributed by atoms with E-state index in [0.29, 0.717) is 12.1 Å². The summed E-state index contributed by atoms with van der Waals surface area (Å²) in [5.41, 5.74) is 5.82. The van der Waals surface area contributed by atoms with Gasteiger partial charge in [-0.25, -0.2) is 4.98 Å². The van der Waals surface area contributed by atoms with Gasteiger partial charge in [0.05, 0.1) is 16.6 Å². The molecule has 1 heterocycles. The van der Waals surface area contributed by atoms with E-state index in [-0.39, 0.29) is 17.0 Å². The van der Waals surface area contributed by atoms with Crippen LogP contribution in [0.15, 0.2) is 18.2 Å². The smallest absolute Gasteiger partial charge is 0.369 e. The average Bonchev–Trinajstić information content (AvgIpc) is 2.63. The largest absolute Gasteiger partial charge is 0.416 e. The summed E-state index contributed by atoms with van der Waals surface area (Å²) in [6.45, 7) is 4.60. The Kier molecular flexibility index (Phi) is 3.65. The predicted molar refractivity (Wildman–Crippen MR) is 76.9 cm³/mol. The minimum absolute atomic E-state index is 0.204. The van der Waals surface area contributed by atoms with Gasteiger partial charge in [0.15, 0.2) is 0 Å². The van der Waals surface area contributed by atoms with Crippen LogP contribution in [0.1, 0.15) is 19.4 Å². The Morgan fingerprint density at radius 3 is 2.38 bits per heavy atom. The Bertz CT molecular complexity index is 656. The first-order chi connectivity index (χ1) is 9.52. The third-order valence-electron chi connectivity index (χ3n) is 3.86. The summed E-state index contributed by atoms with van der Waals surface area (Å²) < 4.78 is 39.9. The average molecular weight is 300 g/mol. The fourth-order valence-corrected chi connectivity index (χ4v) is 2.02. The van der Waals surface area contributed by atoms with Gasteiger partial charge in [-0.15, -0.1) is 0 Å². The summed E-state index contributed by atoms with van der Waals surface area (Å²) in [4.78, 5) is 6.08. The molecule has 4 nitrogen and oxygen atoms in total. The van der Waals surface area contributed by atoms with Crippen molar-refractivity contribution in [3.63, 3.8) is 0 Å². The van der Waals surface area contributed by atoms with Crippen LogP contribution in [0.3, 0.4) is 0 Å². The molecule has 1 aromatic carbocycles. The second-order valence-electron chi connectivity index (χ2n) is 5.96. The molecule has 7 heteroatoms. The molecule has 0 atom stereocenters. The molecule has 0 fully saturated rings. The highest BCUT2D eigenvalue weighted by Crippen LogP contribution is 2.32. The van der Waals surface area contributed by atoms with Crippen molar-refractivity contribution >= 4 is 17.0 Å². The van der Waals surface area contributed by atoms with Gasteiger partial charge in [0, 0.05) is 12.1 Å². The van der Waals surface area contributed by atoms with Gasteiger partial charge in [-0.05, 0) is 46.1 Å². The first kappa shape index (κ1) is 15.6. The van der Waals surface area contributed by atoms with E-state index in [4.69, 9.17) is 5.73 Å². The molecule has 0 aliphatic carbocycles. The highest BCUT2D eigenvalue weighted by atomic mass is 19.4. The molecule has 0 aliphatic rings. The van der Waals surface area contributed by atoms with E-state index in [1.54, 1.807) is 4.57 Å². The van der Waals surface area contributed by atoms with Gasteiger partial charge in [-0.2, -0.15) is 13.2 Å². The van der Waals surface area contributed by atoms with Crippen LogP contribution in [0.5, 0.6) is 0 Å². The molecule has 2 N–H and O–H groups in total. The lowest BCUT2D eigenvalue weighted by molar-refractivity contribution is -0.137. The molecule has 0 spiro atoms. The molecule has 0 amide bonds. The topological polar surface area (TPSA) is 47.1 Å². The van der Waals surface area contributed by atoms with E-state index in [2.05, 4.69) is 4.98 Å². The number of anilines is 1. The van der Waals surface area contributed by atoms with E-state index in [1.165, 1.54) is 6.07 Å².